The number of fused-ring (bicyclic) bond motifs is 1. The SMILES string of the molecule is CC(C)(C)OC(=O)c1cccc(C(=O)N2CCC3CC3C2)c1. The molecular formula is C18H23NO3. The van der Waals surface area contributed by atoms with E-state index in [4.69, 9.17) is 4.74 Å². The highest BCUT2D eigenvalue weighted by atomic mass is 16.6. The van der Waals surface area contributed by atoms with Crippen LogP contribution in [0.15, 0.2) is 24.3 Å². The third-order valence-electron chi connectivity index (χ3n) is 4.33. The van der Waals surface area contributed by atoms with Gasteiger partial charge < -0.3 is 9.64 Å². The van der Waals surface area contributed by atoms with Gasteiger partial charge in [0.1, 0.15) is 5.60 Å². The molecule has 3 rings (SSSR count). The van der Waals surface area contributed by atoms with Crippen molar-refractivity contribution in [3.8, 4) is 0 Å². The zero-order valence-electron chi connectivity index (χ0n) is 13.5. The number of carbonyl (C=O) groups is 2. The highest BCUT2D eigenvalue weighted by Gasteiger charge is 2.42. The van der Waals surface area contributed by atoms with Crippen molar-refractivity contribution in [2.75, 3.05) is 13.1 Å². The average Bonchev–Trinajstić information content (AvgIpc) is 3.23. The minimum Gasteiger partial charge on any atom is -0.456 e. The Labute approximate surface area is 131 Å². The molecule has 0 bridgehead atoms. The van der Waals surface area contributed by atoms with Gasteiger partial charge in [0.25, 0.3) is 5.91 Å². The van der Waals surface area contributed by atoms with Crippen LogP contribution in [0.1, 0.15) is 54.3 Å². The van der Waals surface area contributed by atoms with E-state index in [1.807, 2.05) is 25.7 Å². The van der Waals surface area contributed by atoms with Crippen molar-refractivity contribution >= 4 is 11.9 Å². The van der Waals surface area contributed by atoms with Gasteiger partial charge in [0.15, 0.2) is 0 Å². The van der Waals surface area contributed by atoms with E-state index in [0.29, 0.717) is 17.0 Å². The van der Waals surface area contributed by atoms with Crippen LogP contribution in [-0.2, 0) is 4.74 Å². The smallest absolute Gasteiger partial charge is 0.338 e. The van der Waals surface area contributed by atoms with E-state index in [0.717, 1.165) is 25.4 Å². The first-order valence-corrected chi connectivity index (χ1v) is 7.96. The molecule has 2 aliphatic rings. The highest BCUT2D eigenvalue weighted by Crippen LogP contribution is 2.45. The number of ether oxygens (including phenoxy) is 1. The zero-order valence-corrected chi connectivity index (χ0v) is 13.5. The summed E-state index contributed by atoms with van der Waals surface area (Å²) < 4.78 is 5.36. The molecule has 1 aliphatic carbocycles. The topological polar surface area (TPSA) is 46.6 Å². The van der Waals surface area contributed by atoms with Crippen molar-refractivity contribution < 1.29 is 14.3 Å². The van der Waals surface area contributed by atoms with Crippen LogP contribution in [0.2, 0.25) is 0 Å². The van der Waals surface area contributed by atoms with E-state index in [1.165, 1.54) is 6.42 Å². The Morgan fingerprint density at radius 2 is 1.91 bits per heavy atom. The monoisotopic (exact) mass is 301 g/mol. The first-order valence-electron chi connectivity index (χ1n) is 7.96. The molecule has 22 heavy (non-hydrogen) atoms. The summed E-state index contributed by atoms with van der Waals surface area (Å²) in [6.07, 6.45) is 2.38. The molecular weight excluding hydrogens is 278 g/mol. The van der Waals surface area contributed by atoms with Gasteiger partial charge in [0.05, 0.1) is 5.56 Å². The Morgan fingerprint density at radius 1 is 1.18 bits per heavy atom. The van der Waals surface area contributed by atoms with Gasteiger partial charge in [0, 0.05) is 18.7 Å². The zero-order chi connectivity index (χ0) is 15.9. The number of rotatable bonds is 2. The molecule has 4 nitrogen and oxygen atoms in total. The van der Waals surface area contributed by atoms with E-state index in [9.17, 15) is 9.59 Å². The molecule has 0 radical (unpaired) electrons. The summed E-state index contributed by atoms with van der Waals surface area (Å²) in [5.74, 6) is 1.18. The number of esters is 1. The summed E-state index contributed by atoms with van der Waals surface area (Å²) >= 11 is 0. The van der Waals surface area contributed by atoms with Gasteiger partial charge in [-0.05, 0) is 63.6 Å². The number of likely N-dealkylation sites (tertiary alicyclic amines) is 1. The molecule has 1 saturated heterocycles. The largest absolute Gasteiger partial charge is 0.456 e. The third kappa shape index (κ3) is 3.32. The molecule has 2 unspecified atom stereocenters. The Hall–Kier alpha value is -1.84. The van der Waals surface area contributed by atoms with Gasteiger partial charge in [-0.1, -0.05) is 6.07 Å². The van der Waals surface area contributed by atoms with Gasteiger partial charge in [-0.2, -0.15) is 0 Å². The molecule has 1 amide bonds. The Kier molecular flexibility index (Phi) is 3.71. The molecule has 4 heteroatoms. The summed E-state index contributed by atoms with van der Waals surface area (Å²) in [7, 11) is 0. The molecule has 0 N–H and O–H groups in total. The molecule has 1 aromatic carbocycles. The number of amides is 1. The molecule has 1 aliphatic heterocycles. The second-order valence-corrected chi connectivity index (χ2v) is 7.38. The lowest BCUT2D eigenvalue weighted by atomic mass is 10.1. The van der Waals surface area contributed by atoms with Crippen LogP contribution >= 0.6 is 0 Å². The predicted molar refractivity (Wildman–Crippen MR) is 83.7 cm³/mol. The van der Waals surface area contributed by atoms with Crippen LogP contribution in [0.4, 0.5) is 0 Å². The van der Waals surface area contributed by atoms with Gasteiger partial charge in [-0.3, -0.25) is 4.79 Å². The lowest BCUT2D eigenvalue weighted by Gasteiger charge is -2.26. The van der Waals surface area contributed by atoms with Gasteiger partial charge in [-0.15, -0.1) is 0 Å². The Morgan fingerprint density at radius 3 is 2.59 bits per heavy atom. The number of piperidine rings is 1. The first-order chi connectivity index (χ1) is 10.3. The van der Waals surface area contributed by atoms with Crippen molar-refractivity contribution in [3.05, 3.63) is 35.4 Å². The minimum absolute atomic E-state index is 0.0239. The number of benzene rings is 1. The Bertz CT molecular complexity index is 603. The lowest BCUT2D eigenvalue weighted by Crippen LogP contribution is -2.37. The lowest BCUT2D eigenvalue weighted by molar-refractivity contribution is 0.00695. The molecule has 2 atom stereocenters. The maximum absolute atomic E-state index is 12.6. The molecule has 1 aromatic rings. The summed E-state index contributed by atoms with van der Waals surface area (Å²) in [4.78, 5) is 26.6. The maximum atomic E-state index is 12.6. The summed E-state index contributed by atoms with van der Waals surface area (Å²) in [5, 5.41) is 0. The molecule has 1 saturated carbocycles. The predicted octanol–water partition coefficient (Wildman–Crippen LogP) is 3.12. The number of nitrogens with zero attached hydrogens (tertiary/aromatic N) is 1. The second kappa shape index (κ2) is 5.41. The molecule has 0 spiro atoms. The summed E-state index contributed by atoms with van der Waals surface area (Å²) in [6.45, 7) is 7.19. The fourth-order valence-corrected chi connectivity index (χ4v) is 3.07. The first kappa shape index (κ1) is 15.1. The number of hydrogen-bond donors (Lipinski definition) is 0. The maximum Gasteiger partial charge on any atom is 0.338 e. The molecule has 2 fully saturated rings. The van der Waals surface area contributed by atoms with Crippen LogP contribution in [0, 0.1) is 11.8 Å². The average molecular weight is 301 g/mol. The molecule has 0 aromatic heterocycles. The van der Waals surface area contributed by atoms with E-state index >= 15 is 0 Å². The number of hydrogen-bond acceptors (Lipinski definition) is 3. The van der Waals surface area contributed by atoms with Gasteiger partial charge in [-0.25, -0.2) is 4.79 Å². The highest BCUT2D eigenvalue weighted by molar-refractivity contribution is 5.98. The fourth-order valence-electron chi connectivity index (χ4n) is 3.07. The standard InChI is InChI=1S/C18H23NO3/c1-18(2,3)22-17(21)14-6-4-5-13(10-14)16(20)19-8-7-12-9-15(12)11-19/h4-6,10,12,15H,7-9,11H2,1-3H3. The molecule has 1 heterocycles. The second-order valence-electron chi connectivity index (χ2n) is 7.38. The third-order valence-corrected chi connectivity index (χ3v) is 4.33. The van der Waals surface area contributed by atoms with Crippen molar-refractivity contribution in [2.24, 2.45) is 11.8 Å². The normalized spacial score (nSPS) is 23.7. The van der Waals surface area contributed by atoms with E-state index < -0.39 is 5.60 Å². The quantitative estimate of drug-likeness (QED) is 0.788. The van der Waals surface area contributed by atoms with Crippen molar-refractivity contribution in [1.29, 1.82) is 0 Å². The molecule has 118 valence electrons. The van der Waals surface area contributed by atoms with Gasteiger partial charge >= 0.3 is 5.97 Å². The minimum atomic E-state index is -0.537. The Balaban J connectivity index is 1.72. The summed E-state index contributed by atoms with van der Waals surface area (Å²) in [6, 6.07) is 6.86. The van der Waals surface area contributed by atoms with Crippen LogP contribution in [0.25, 0.3) is 0 Å². The van der Waals surface area contributed by atoms with Crippen molar-refractivity contribution in [3.63, 3.8) is 0 Å². The van der Waals surface area contributed by atoms with Crippen LogP contribution in [-0.4, -0.2) is 35.5 Å². The van der Waals surface area contributed by atoms with E-state index in [2.05, 4.69) is 0 Å². The summed E-state index contributed by atoms with van der Waals surface area (Å²) in [5.41, 5.74) is 0.467. The van der Waals surface area contributed by atoms with Gasteiger partial charge in [0.2, 0.25) is 0 Å². The van der Waals surface area contributed by atoms with Crippen molar-refractivity contribution in [1.82, 2.24) is 4.90 Å². The fraction of sp³-hybridized carbons (Fsp3) is 0.556. The van der Waals surface area contributed by atoms with E-state index in [-0.39, 0.29) is 11.9 Å². The van der Waals surface area contributed by atoms with Crippen molar-refractivity contribution in [2.45, 2.75) is 39.2 Å². The number of carbonyl (C=O) groups excluding carboxylic acids is 2. The van der Waals surface area contributed by atoms with Crippen LogP contribution < -0.4 is 0 Å². The van der Waals surface area contributed by atoms with Crippen LogP contribution in [0.5, 0.6) is 0 Å². The van der Waals surface area contributed by atoms with E-state index in [1.54, 1.807) is 24.3 Å². The van der Waals surface area contributed by atoms with Crippen LogP contribution in [0.3, 0.4) is 0 Å².